The highest BCUT2D eigenvalue weighted by Gasteiger charge is 2.60. The molecular weight excluding hydrogens is 685 g/mol. The second-order valence-corrected chi connectivity index (χ2v) is 15.9. The summed E-state index contributed by atoms with van der Waals surface area (Å²) in [4.78, 5) is 43.0. The first kappa shape index (κ1) is 36.6. The van der Waals surface area contributed by atoms with Crippen molar-refractivity contribution in [3.05, 3.63) is 82.4 Å². The van der Waals surface area contributed by atoms with Gasteiger partial charge in [-0.15, -0.1) is 11.8 Å². The number of nitrogens with zero attached hydrogens (tertiary/aromatic N) is 2. The van der Waals surface area contributed by atoms with E-state index in [0.717, 1.165) is 29.1 Å². The third-order valence-electron chi connectivity index (χ3n) is 7.46. The normalized spacial score (nSPS) is 22.6. The summed E-state index contributed by atoms with van der Waals surface area (Å²) in [5, 5.41) is 15.4. The lowest BCUT2D eigenvalue weighted by Crippen LogP contribution is -2.42. The molecule has 0 radical (unpaired) electrons. The first-order valence-corrected chi connectivity index (χ1v) is 17.7. The van der Waals surface area contributed by atoms with E-state index in [9.17, 15) is 24.1 Å². The third-order valence-corrected chi connectivity index (χ3v) is 10.4. The average Bonchev–Trinajstić information content (AvgIpc) is 3.45. The molecule has 1 fully saturated rings. The molecule has 3 aromatic rings. The first-order valence-electron chi connectivity index (χ1n) is 15.4. The topological polar surface area (TPSA) is 167 Å². The summed E-state index contributed by atoms with van der Waals surface area (Å²) >= 11 is 1.72. The van der Waals surface area contributed by atoms with Gasteiger partial charge in [0.1, 0.15) is 23.7 Å². The van der Waals surface area contributed by atoms with Crippen LogP contribution in [-0.4, -0.2) is 68.2 Å². The van der Waals surface area contributed by atoms with Crippen LogP contribution >= 0.6 is 19.5 Å². The second-order valence-electron chi connectivity index (χ2n) is 12.5. The van der Waals surface area contributed by atoms with E-state index in [0.29, 0.717) is 10.1 Å². The maximum Gasteiger partial charge on any atom is 0.459 e. The fourth-order valence-corrected chi connectivity index (χ4v) is 7.94. The van der Waals surface area contributed by atoms with Gasteiger partial charge < -0.3 is 24.4 Å². The number of aliphatic hydroxyl groups is 1. The zero-order valence-corrected chi connectivity index (χ0v) is 29.0. The molecule has 3 N–H and O–H groups in total. The number of nitrogens with one attached hydrogen (secondary N) is 2. The Morgan fingerprint density at radius 3 is 2.55 bits per heavy atom. The van der Waals surface area contributed by atoms with E-state index in [1.165, 1.54) is 19.1 Å². The molecule has 1 saturated heterocycles. The molecule has 1 aromatic heterocycles. The van der Waals surface area contributed by atoms with Crippen molar-refractivity contribution >= 4 is 37.2 Å². The number of ether oxygens (including phenoxy) is 2. The lowest BCUT2D eigenvalue weighted by molar-refractivity contribution is -0.149. The minimum atomic E-state index is -4.48. The standard InChI is InChI=1S/C32H37F2N4O9PS/c1-18(2)45-28(41)19(3)37-48(43,47-22-9-7-6-8-10-22)44-17-23-26(39)32(33,34)29(46-23)38-14-13-25(36-30(38)42)35-27(40)20-11-12-24-21(15-20)16-31(4,5)49-24/h6-15,18-19,23,26,29,39H,16-17H2,1-5H3,(H,37,43)(H,35,36,40,42)/t19-,23-,26-,29?,48?/m1/s1. The van der Waals surface area contributed by atoms with Crippen LogP contribution in [0.1, 0.15) is 56.8 Å². The molecule has 2 unspecified atom stereocenters. The Morgan fingerprint density at radius 2 is 1.88 bits per heavy atom. The van der Waals surface area contributed by atoms with Crippen molar-refractivity contribution in [2.75, 3.05) is 11.9 Å². The van der Waals surface area contributed by atoms with Gasteiger partial charge in [-0.25, -0.2) is 9.36 Å². The number of carbonyl (C=O) groups is 2. The van der Waals surface area contributed by atoms with E-state index in [1.807, 2.05) is 6.07 Å². The number of hydrogen-bond acceptors (Lipinski definition) is 11. The van der Waals surface area contributed by atoms with Crippen LogP contribution in [0.25, 0.3) is 0 Å². The van der Waals surface area contributed by atoms with Crippen LogP contribution in [0.4, 0.5) is 14.6 Å². The predicted octanol–water partition coefficient (Wildman–Crippen LogP) is 4.95. The molecular formula is C32H37F2N4O9PS. The molecule has 5 rings (SSSR count). The highest BCUT2D eigenvalue weighted by atomic mass is 32.2. The lowest BCUT2D eigenvalue weighted by Gasteiger charge is -2.25. The van der Waals surface area contributed by atoms with Crippen molar-refractivity contribution in [3.63, 3.8) is 0 Å². The van der Waals surface area contributed by atoms with Crippen molar-refractivity contribution in [1.82, 2.24) is 14.6 Å². The van der Waals surface area contributed by atoms with Crippen molar-refractivity contribution in [1.29, 1.82) is 0 Å². The van der Waals surface area contributed by atoms with Crippen molar-refractivity contribution in [2.24, 2.45) is 0 Å². The third kappa shape index (κ3) is 8.56. The summed E-state index contributed by atoms with van der Waals surface area (Å²) in [6.45, 7) is 7.90. The SMILES string of the molecule is CC(C)OC(=O)[C@@H](C)NP(=O)(OC[C@H]1OC(n2ccc(NC(=O)c3ccc4c(c3)CC(C)(C)S4)nc2=O)C(F)(F)[C@@H]1O)Oc1ccccc1. The van der Waals surface area contributed by atoms with Crippen LogP contribution in [0.2, 0.25) is 0 Å². The van der Waals surface area contributed by atoms with E-state index in [1.54, 1.807) is 55.9 Å². The number of alkyl halides is 2. The molecule has 0 bridgehead atoms. The Balaban J connectivity index is 1.28. The van der Waals surface area contributed by atoms with Gasteiger partial charge >= 0.3 is 25.3 Å². The Hall–Kier alpha value is -3.66. The summed E-state index contributed by atoms with van der Waals surface area (Å²) < 4.78 is 66.3. The van der Waals surface area contributed by atoms with Crippen LogP contribution < -0.4 is 20.6 Å². The molecule has 264 valence electrons. The molecule has 1 amide bonds. The minimum absolute atomic E-state index is 0.000672. The number of amides is 1. The van der Waals surface area contributed by atoms with E-state index < -0.39 is 68.4 Å². The van der Waals surface area contributed by atoms with Crippen molar-refractivity contribution < 1.29 is 46.6 Å². The van der Waals surface area contributed by atoms with Crippen LogP contribution in [-0.2, 0) is 29.8 Å². The van der Waals surface area contributed by atoms with Gasteiger partial charge in [0, 0.05) is 21.4 Å². The molecule has 2 aliphatic heterocycles. The van der Waals surface area contributed by atoms with Gasteiger partial charge in [-0.3, -0.25) is 18.7 Å². The zero-order valence-electron chi connectivity index (χ0n) is 27.3. The molecule has 17 heteroatoms. The molecule has 13 nitrogen and oxygen atoms in total. The van der Waals surface area contributed by atoms with Gasteiger partial charge in [0.15, 0.2) is 6.10 Å². The molecule has 2 aliphatic rings. The zero-order chi connectivity index (χ0) is 35.7. The molecule has 0 saturated carbocycles. The number of aromatic nitrogens is 2. The van der Waals surface area contributed by atoms with Crippen LogP contribution in [0.3, 0.4) is 0 Å². The van der Waals surface area contributed by atoms with Crippen LogP contribution in [0.15, 0.2) is 70.5 Å². The quantitative estimate of drug-likeness (QED) is 0.170. The molecule has 0 spiro atoms. The fourth-order valence-electron chi connectivity index (χ4n) is 5.21. The smallest absolute Gasteiger partial charge is 0.459 e. The summed E-state index contributed by atoms with van der Waals surface area (Å²) in [5.74, 6) is -5.46. The number of hydrogen-bond donors (Lipinski definition) is 3. The highest BCUT2D eigenvalue weighted by Crippen LogP contribution is 2.48. The summed E-state index contributed by atoms with van der Waals surface area (Å²) in [5.41, 5.74) is 0.167. The Labute approximate surface area is 285 Å². The molecule has 3 heterocycles. The lowest BCUT2D eigenvalue weighted by atomic mass is 10.0. The second kappa shape index (κ2) is 14.3. The number of aliphatic hydroxyl groups excluding tert-OH is 1. The average molecular weight is 723 g/mol. The largest absolute Gasteiger partial charge is 0.462 e. The van der Waals surface area contributed by atoms with Crippen LogP contribution in [0, 0.1) is 0 Å². The van der Waals surface area contributed by atoms with Gasteiger partial charge in [0.2, 0.25) is 6.23 Å². The monoisotopic (exact) mass is 722 g/mol. The number of halogens is 2. The molecule has 49 heavy (non-hydrogen) atoms. The number of fused-ring (bicyclic) bond motifs is 1. The van der Waals surface area contributed by atoms with Crippen molar-refractivity contribution in [3.8, 4) is 5.75 Å². The minimum Gasteiger partial charge on any atom is -0.462 e. The molecule has 0 aliphatic carbocycles. The summed E-state index contributed by atoms with van der Waals surface area (Å²) in [6.07, 6.45) is -5.40. The summed E-state index contributed by atoms with van der Waals surface area (Å²) in [7, 11) is -4.48. The van der Waals surface area contributed by atoms with E-state index in [-0.39, 0.29) is 16.3 Å². The van der Waals surface area contributed by atoms with Gasteiger partial charge in [-0.2, -0.15) is 18.9 Å². The maximum atomic E-state index is 15.4. The van der Waals surface area contributed by atoms with E-state index >= 15 is 8.78 Å². The number of esters is 1. The number of thioether (sulfide) groups is 1. The molecule has 5 atom stereocenters. The Bertz CT molecular complexity index is 1810. The number of benzene rings is 2. The predicted molar refractivity (Wildman–Crippen MR) is 176 cm³/mol. The van der Waals surface area contributed by atoms with E-state index in [2.05, 4.69) is 29.2 Å². The Kier molecular flexibility index (Phi) is 10.7. The first-order chi connectivity index (χ1) is 23.0. The fraction of sp³-hybridized carbons (Fsp3) is 0.438. The van der Waals surface area contributed by atoms with E-state index in [4.69, 9.17) is 18.5 Å². The van der Waals surface area contributed by atoms with Gasteiger partial charge in [0.25, 0.3) is 5.91 Å². The number of para-hydroxylation sites is 1. The van der Waals surface area contributed by atoms with Crippen LogP contribution in [0.5, 0.6) is 5.75 Å². The number of rotatable bonds is 12. The van der Waals surface area contributed by atoms with Gasteiger partial charge in [-0.05, 0) is 69.2 Å². The van der Waals surface area contributed by atoms with Gasteiger partial charge in [0.05, 0.1) is 12.7 Å². The summed E-state index contributed by atoms with van der Waals surface area (Å²) in [6, 6.07) is 12.9. The molecule has 2 aromatic carbocycles. The number of anilines is 1. The highest BCUT2D eigenvalue weighted by molar-refractivity contribution is 8.01. The Morgan fingerprint density at radius 1 is 1.16 bits per heavy atom. The number of carbonyl (C=O) groups excluding carboxylic acids is 2. The van der Waals surface area contributed by atoms with Gasteiger partial charge in [-0.1, -0.05) is 32.0 Å². The maximum absolute atomic E-state index is 15.4. The van der Waals surface area contributed by atoms with Crippen molar-refractivity contribution in [2.45, 2.75) is 87.2 Å².